The fourth-order valence-corrected chi connectivity index (χ4v) is 2.49. The van der Waals surface area contributed by atoms with Crippen molar-refractivity contribution in [2.24, 2.45) is 10.8 Å². The molecule has 1 heterocycles. The van der Waals surface area contributed by atoms with Gasteiger partial charge in [0.2, 0.25) is 0 Å². The molecule has 0 aromatic rings. The number of carbonyl (C=O) groups is 4. The summed E-state index contributed by atoms with van der Waals surface area (Å²) >= 11 is 0. The van der Waals surface area contributed by atoms with Crippen molar-refractivity contribution in [3.05, 3.63) is 0 Å². The SMILES string of the molecule is CC(=O)O[C@@H]1[C@@H](OC(=O)C(C)(C)C)[C@@H](OC(C)=O)[C@@H](COC(=O)C(C)(C)C)O[C@@H]1O. The Morgan fingerprint density at radius 2 is 1.23 bits per heavy atom. The molecular formula is C20H32O10. The van der Waals surface area contributed by atoms with Crippen molar-refractivity contribution in [1.29, 1.82) is 0 Å². The van der Waals surface area contributed by atoms with Gasteiger partial charge in [-0.15, -0.1) is 0 Å². The summed E-state index contributed by atoms with van der Waals surface area (Å²) in [6.07, 6.45) is -7.01. The van der Waals surface area contributed by atoms with E-state index in [2.05, 4.69) is 0 Å². The van der Waals surface area contributed by atoms with Crippen LogP contribution in [0.2, 0.25) is 0 Å². The quantitative estimate of drug-likeness (QED) is 0.497. The molecule has 172 valence electrons. The highest BCUT2D eigenvalue weighted by molar-refractivity contribution is 5.76. The van der Waals surface area contributed by atoms with Crippen molar-refractivity contribution in [1.82, 2.24) is 0 Å². The van der Waals surface area contributed by atoms with Gasteiger partial charge >= 0.3 is 23.9 Å². The average molecular weight is 432 g/mol. The molecule has 0 unspecified atom stereocenters. The van der Waals surface area contributed by atoms with E-state index < -0.39 is 65.4 Å². The summed E-state index contributed by atoms with van der Waals surface area (Å²) in [6, 6.07) is 0. The maximum Gasteiger partial charge on any atom is 0.311 e. The lowest BCUT2D eigenvalue weighted by molar-refractivity contribution is -0.297. The molecule has 1 N–H and O–H groups in total. The molecule has 1 aliphatic heterocycles. The molecule has 0 radical (unpaired) electrons. The highest BCUT2D eigenvalue weighted by Gasteiger charge is 2.52. The zero-order valence-electron chi connectivity index (χ0n) is 18.7. The van der Waals surface area contributed by atoms with Crippen LogP contribution in [0.5, 0.6) is 0 Å². The Kier molecular flexibility index (Phi) is 8.39. The van der Waals surface area contributed by atoms with Crippen molar-refractivity contribution in [2.75, 3.05) is 6.61 Å². The summed E-state index contributed by atoms with van der Waals surface area (Å²) in [4.78, 5) is 47.8. The smallest absolute Gasteiger partial charge is 0.311 e. The molecule has 0 amide bonds. The summed E-state index contributed by atoms with van der Waals surface area (Å²) in [5.74, 6) is -2.72. The molecule has 1 rings (SSSR count). The molecule has 0 bridgehead atoms. The van der Waals surface area contributed by atoms with Crippen molar-refractivity contribution >= 4 is 23.9 Å². The first-order chi connectivity index (χ1) is 13.5. The van der Waals surface area contributed by atoms with E-state index >= 15 is 0 Å². The Morgan fingerprint density at radius 3 is 1.67 bits per heavy atom. The van der Waals surface area contributed by atoms with E-state index in [4.69, 9.17) is 23.7 Å². The summed E-state index contributed by atoms with van der Waals surface area (Å²) in [5.41, 5.74) is -1.73. The second-order valence-electron chi connectivity index (χ2n) is 9.18. The predicted molar refractivity (Wildman–Crippen MR) is 102 cm³/mol. The van der Waals surface area contributed by atoms with Crippen LogP contribution in [-0.4, -0.2) is 66.3 Å². The second-order valence-corrected chi connectivity index (χ2v) is 9.18. The van der Waals surface area contributed by atoms with Gasteiger partial charge in [-0.3, -0.25) is 19.2 Å². The number of hydrogen-bond acceptors (Lipinski definition) is 10. The number of aliphatic hydroxyl groups excluding tert-OH is 1. The number of hydrogen-bond donors (Lipinski definition) is 1. The minimum atomic E-state index is -1.71. The van der Waals surface area contributed by atoms with Gasteiger partial charge in [-0.05, 0) is 41.5 Å². The van der Waals surface area contributed by atoms with Gasteiger partial charge in [0.1, 0.15) is 12.7 Å². The molecule has 0 saturated carbocycles. The van der Waals surface area contributed by atoms with Crippen LogP contribution >= 0.6 is 0 Å². The Labute approximate surface area is 176 Å². The first kappa shape index (κ1) is 25.8. The van der Waals surface area contributed by atoms with Crippen LogP contribution in [0.15, 0.2) is 0 Å². The minimum absolute atomic E-state index is 0.387. The predicted octanol–water partition coefficient (Wildman–Crippen LogP) is 1.11. The van der Waals surface area contributed by atoms with E-state index in [1.54, 1.807) is 41.5 Å². The van der Waals surface area contributed by atoms with Crippen LogP contribution in [0, 0.1) is 10.8 Å². The third-order valence-electron chi connectivity index (χ3n) is 4.06. The molecule has 1 fully saturated rings. The van der Waals surface area contributed by atoms with Gasteiger partial charge < -0.3 is 28.8 Å². The minimum Gasteiger partial charge on any atom is -0.462 e. The molecule has 0 aromatic carbocycles. The van der Waals surface area contributed by atoms with Gasteiger partial charge in [0, 0.05) is 13.8 Å². The van der Waals surface area contributed by atoms with Gasteiger partial charge in [0.25, 0.3) is 0 Å². The van der Waals surface area contributed by atoms with Crippen molar-refractivity contribution < 1.29 is 48.0 Å². The molecule has 0 aliphatic carbocycles. The molecule has 10 nitrogen and oxygen atoms in total. The summed E-state index contributed by atoms with van der Waals surface area (Å²) in [6.45, 7) is 11.6. The van der Waals surface area contributed by atoms with E-state index in [0.29, 0.717) is 0 Å². The van der Waals surface area contributed by atoms with Gasteiger partial charge in [-0.25, -0.2) is 0 Å². The Bertz CT molecular complexity index is 657. The second kappa shape index (κ2) is 9.74. The van der Waals surface area contributed by atoms with Gasteiger partial charge in [-0.1, -0.05) is 0 Å². The number of esters is 4. The van der Waals surface area contributed by atoms with E-state index in [0.717, 1.165) is 13.8 Å². The number of rotatable bonds is 5. The largest absolute Gasteiger partial charge is 0.462 e. The van der Waals surface area contributed by atoms with Crippen LogP contribution in [0.25, 0.3) is 0 Å². The Morgan fingerprint density at radius 1 is 0.767 bits per heavy atom. The van der Waals surface area contributed by atoms with Crippen LogP contribution < -0.4 is 0 Å². The lowest BCUT2D eigenvalue weighted by Crippen LogP contribution is -2.62. The number of aliphatic hydroxyl groups is 1. The summed E-state index contributed by atoms with van der Waals surface area (Å²) in [7, 11) is 0. The topological polar surface area (TPSA) is 135 Å². The first-order valence-electron chi connectivity index (χ1n) is 9.60. The molecule has 30 heavy (non-hydrogen) atoms. The van der Waals surface area contributed by atoms with Crippen molar-refractivity contribution in [3.63, 3.8) is 0 Å². The van der Waals surface area contributed by atoms with Crippen LogP contribution in [-0.2, 0) is 42.9 Å². The molecule has 5 atom stereocenters. The average Bonchev–Trinajstić information content (AvgIpc) is 2.55. The monoisotopic (exact) mass is 432 g/mol. The number of carbonyl (C=O) groups excluding carboxylic acids is 4. The van der Waals surface area contributed by atoms with Gasteiger partial charge in [0.15, 0.2) is 24.6 Å². The maximum atomic E-state index is 12.5. The lowest BCUT2D eigenvalue weighted by atomic mass is 9.94. The molecule has 1 aliphatic rings. The first-order valence-corrected chi connectivity index (χ1v) is 9.60. The standard InChI is InChI=1S/C20H32O10/c1-10(21)27-13-12(9-26-17(24)19(3,4)5)29-16(23)15(28-11(2)22)14(13)30-18(25)20(6,7)8/h12-16,23H,9H2,1-8H3/t12-,13+,14+,15-,16+/m1/s1. The molecule has 10 heteroatoms. The number of ether oxygens (including phenoxy) is 5. The van der Waals surface area contributed by atoms with E-state index in [1.807, 2.05) is 0 Å². The highest BCUT2D eigenvalue weighted by Crippen LogP contribution is 2.30. The maximum absolute atomic E-state index is 12.5. The fourth-order valence-electron chi connectivity index (χ4n) is 2.49. The lowest BCUT2D eigenvalue weighted by Gasteiger charge is -2.43. The zero-order valence-corrected chi connectivity index (χ0v) is 18.7. The van der Waals surface area contributed by atoms with Crippen LogP contribution in [0.4, 0.5) is 0 Å². The van der Waals surface area contributed by atoms with E-state index in [9.17, 15) is 24.3 Å². The molecule has 1 saturated heterocycles. The third-order valence-corrected chi connectivity index (χ3v) is 4.06. The van der Waals surface area contributed by atoms with Crippen LogP contribution in [0.3, 0.4) is 0 Å². The van der Waals surface area contributed by atoms with Gasteiger partial charge in [0.05, 0.1) is 10.8 Å². The van der Waals surface area contributed by atoms with E-state index in [1.165, 1.54) is 0 Å². The molecular weight excluding hydrogens is 400 g/mol. The van der Waals surface area contributed by atoms with Crippen molar-refractivity contribution in [2.45, 2.75) is 86.1 Å². The van der Waals surface area contributed by atoms with Crippen LogP contribution in [0.1, 0.15) is 55.4 Å². The Hall–Kier alpha value is -2.20. The summed E-state index contributed by atoms with van der Waals surface area (Å²) in [5, 5.41) is 10.4. The highest BCUT2D eigenvalue weighted by atomic mass is 16.7. The molecule has 0 aromatic heterocycles. The third kappa shape index (κ3) is 7.24. The molecule has 0 spiro atoms. The zero-order chi connectivity index (χ0) is 23.4. The summed E-state index contributed by atoms with van der Waals surface area (Å²) < 4.78 is 26.5. The van der Waals surface area contributed by atoms with Crippen molar-refractivity contribution in [3.8, 4) is 0 Å². The Balaban J connectivity index is 3.24. The van der Waals surface area contributed by atoms with Gasteiger partial charge in [-0.2, -0.15) is 0 Å². The van der Waals surface area contributed by atoms with E-state index in [-0.39, 0.29) is 6.61 Å². The fraction of sp³-hybridized carbons (Fsp3) is 0.800. The normalized spacial score (nSPS) is 27.0.